The van der Waals surface area contributed by atoms with Crippen molar-refractivity contribution in [3.05, 3.63) is 24.0 Å². The Balaban J connectivity index is 2.13. The smallest absolute Gasteiger partial charge is 0.0544 e. The predicted molar refractivity (Wildman–Crippen MR) is 69.5 cm³/mol. The Morgan fingerprint density at radius 3 is 2.41 bits per heavy atom. The molecular weight excluding hydrogens is 210 g/mol. The van der Waals surface area contributed by atoms with Crippen LogP contribution in [0.3, 0.4) is 0 Å². The highest BCUT2D eigenvalue weighted by atomic mass is 15.1. The predicted octanol–water partition coefficient (Wildman–Crippen LogP) is 2.81. The van der Waals surface area contributed by atoms with Crippen molar-refractivity contribution in [1.82, 2.24) is 15.5 Å². The van der Waals surface area contributed by atoms with Crippen LogP contribution in [0.1, 0.15) is 44.7 Å². The number of nitrogens with zero attached hydrogens (tertiary/aromatic N) is 2. The molecular formula is C14H23N3. The van der Waals surface area contributed by atoms with Crippen molar-refractivity contribution in [3.63, 3.8) is 0 Å². The summed E-state index contributed by atoms with van der Waals surface area (Å²) in [6, 6.07) is 2.51. The summed E-state index contributed by atoms with van der Waals surface area (Å²) in [5.74, 6) is 2.41. The number of rotatable bonds is 3. The van der Waals surface area contributed by atoms with Crippen LogP contribution in [-0.4, -0.2) is 17.2 Å². The minimum absolute atomic E-state index is 0.427. The van der Waals surface area contributed by atoms with Gasteiger partial charge in [0.1, 0.15) is 0 Å². The summed E-state index contributed by atoms with van der Waals surface area (Å²) in [6.07, 6.45) is 7.69. The second-order valence-corrected chi connectivity index (χ2v) is 5.62. The monoisotopic (exact) mass is 233 g/mol. The maximum atomic E-state index is 4.00. The lowest BCUT2D eigenvalue weighted by Crippen LogP contribution is -2.31. The second-order valence-electron chi connectivity index (χ2n) is 5.62. The molecule has 2 rings (SSSR count). The van der Waals surface area contributed by atoms with Crippen LogP contribution < -0.4 is 5.32 Å². The van der Waals surface area contributed by atoms with Crippen molar-refractivity contribution in [1.29, 1.82) is 0 Å². The maximum Gasteiger partial charge on any atom is 0.0544 e. The molecule has 0 aromatic carbocycles. The highest BCUT2D eigenvalue weighted by Gasteiger charge is 2.30. The highest BCUT2D eigenvalue weighted by molar-refractivity contribution is 5.13. The number of nitrogens with one attached hydrogen (secondary N) is 1. The summed E-state index contributed by atoms with van der Waals surface area (Å²) in [5, 5.41) is 11.3. The Bertz CT molecular complexity index is 329. The van der Waals surface area contributed by atoms with E-state index in [1.54, 1.807) is 6.20 Å². The van der Waals surface area contributed by atoms with Crippen molar-refractivity contribution in [2.75, 3.05) is 7.05 Å². The Hall–Kier alpha value is -0.960. The molecule has 0 bridgehead atoms. The molecule has 3 nitrogen and oxygen atoms in total. The lowest BCUT2D eigenvalue weighted by molar-refractivity contribution is 0.180. The molecule has 1 N–H and O–H groups in total. The fourth-order valence-electron chi connectivity index (χ4n) is 3.44. The van der Waals surface area contributed by atoms with E-state index in [2.05, 4.69) is 42.5 Å². The van der Waals surface area contributed by atoms with Gasteiger partial charge in [0.2, 0.25) is 0 Å². The molecule has 3 unspecified atom stereocenters. The van der Waals surface area contributed by atoms with Gasteiger partial charge in [-0.3, -0.25) is 0 Å². The standard InChI is InChI=1S/C14H23N3/c1-10-6-11(2)8-13(7-10)14(15-3)12-4-5-16-17-9-12/h4-5,9-11,13-15H,6-8H2,1-3H3. The van der Waals surface area contributed by atoms with E-state index in [1.165, 1.54) is 24.8 Å². The van der Waals surface area contributed by atoms with Gasteiger partial charge in [-0.25, -0.2) is 0 Å². The van der Waals surface area contributed by atoms with Crippen LogP contribution in [-0.2, 0) is 0 Å². The van der Waals surface area contributed by atoms with Gasteiger partial charge in [-0.15, -0.1) is 0 Å². The van der Waals surface area contributed by atoms with Crippen LogP contribution in [0.4, 0.5) is 0 Å². The fraction of sp³-hybridized carbons (Fsp3) is 0.714. The van der Waals surface area contributed by atoms with E-state index in [0.717, 1.165) is 17.8 Å². The first kappa shape index (κ1) is 12.5. The minimum Gasteiger partial charge on any atom is -0.313 e. The van der Waals surface area contributed by atoms with E-state index in [9.17, 15) is 0 Å². The molecule has 0 saturated heterocycles. The van der Waals surface area contributed by atoms with Crippen molar-refractivity contribution in [3.8, 4) is 0 Å². The molecule has 0 spiro atoms. The van der Waals surface area contributed by atoms with E-state index in [0.29, 0.717) is 6.04 Å². The Kier molecular flexibility index (Phi) is 4.11. The summed E-state index contributed by atoms with van der Waals surface area (Å²) >= 11 is 0. The molecule has 0 radical (unpaired) electrons. The quantitative estimate of drug-likeness (QED) is 0.872. The normalized spacial score (nSPS) is 31.1. The number of hydrogen-bond acceptors (Lipinski definition) is 3. The average molecular weight is 233 g/mol. The lowest BCUT2D eigenvalue weighted by Gasteiger charge is -2.36. The van der Waals surface area contributed by atoms with Crippen molar-refractivity contribution in [2.24, 2.45) is 17.8 Å². The molecule has 0 aliphatic heterocycles. The third kappa shape index (κ3) is 3.03. The molecule has 1 fully saturated rings. The Morgan fingerprint density at radius 2 is 1.88 bits per heavy atom. The Labute approximate surface area is 104 Å². The van der Waals surface area contributed by atoms with Gasteiger partial charge in [0.05, 0.1) is 6.20 Å². The van der Waals surface area contributed by atoms with Crippen LogP contribution in [0, 0.1) is 17.8 Å². The summed E-state index contributed by atoms with van der Waals surface area (Å²) < 4.78 is 0. The zero-order chi connectivity index (χ0) is 12.3. The molecule has 1 heterocycles. The van der Waals surface area contributed by atoms with E-state index < -0.39 is 0 Å². The van der Waals surface area contributed by atoms with Gasteiger partial charge in [-0.05, 0) is 55.7 Å². The van der Waals surface area contributed by atoms with E-state index in [4.69, 9.17) is 0 Å². The van der Waals surface area contributed by atoms with Gasteiger partial charge in [-0.1, -0.05) is 13.8 Å². The molecule has 1 aliphatic rings. The summed E-state index contributed by atoms with van der Waals surface area (Å²) in [7, 11) is 2.05. The SMILES string of the molecule is CNC(c1ccnnc1)C1CC(C)CC(C)C1. The first-order valence-electron chi connectivity index (χ1n) is 6.64. The van der Waals surface area contributed by atoms with Crippen molar-refractivity contribution < 1.29 is 0 Å². The largest absolute Gasteiger partial charge is 0.313 e. The minimum atomic E-state index is 0.427. The molecule has 0 amide bonds. The molecule has 1 aliphatic carbocycles. The van der Waals surface area contributed by atoms with E-state index in [1.807, 2.05) is 6.20 Å². The average Bonchev–Trinajstić information content (AvgIpc) is 2.30. The van der Waals surface area contributed by atoms with Gasteiger partial charge in [0.25, 0.3) is 0 Å². The van der Waals surface area contributed by atoms with Crippen LogP contribution in [0.2, 0.25) is 0 Å². The third-order valence-corrected chi connectivity index (χ3v) is 3.96. The van der Waals surface area contributed by atoms with Gasteiger partial charge in [-0.2, -0.15) is 10.2 Å². The zero-order valence-electron chi connectivity index (χ0n) is 11.1. The van der Waals surface area contributed by atoms with Crippen LogP contribution in [0.25, 0.3) is 0 Å². The molecule has 1 aromatic heterocycles. The van der Waals surface area contributed by atoms with Crippen molar-refractivity contribution in [2.45, 2.75) is 39.2 Å². The fourth-order valence-corrected chi connectivity index (χ4v) is 3.44. The summed E-state index contributed by atoms with van der Waals surface area (Å²) in [6.45, 7) is 4.75. The van der Waals surface area contributed by atoms with E-state index in [-0.39, 0.29) is 0 Å². The number of aromatic nitrogens is 2. The Morgan fingerprint density at radius 1 is 1.18 bits per heavy atom. The topological polar surface area (TPSA) is 37.8 Å². The maximum absolute atomic E-state index is 4.00. The highest BCUT2D eigenvalue weighted by Crippen LogP contribution is 2.39. The first-order chi connectivity index (χ1) is 8.20. The zero-order valence-corrected chi connectivity index (χ0v) is 11.1. The van der Waals surface area contributed by atoms with Gasteiger partial charge < -0.3 is 5.32 Å². The molecule has 1 saturated carbocycles. The second kappa shape index (κ2) is 5.58. The molecule has 3 atom stereocenters. The van der Waals surface area contributed by atoms with Gasteiger partial charge in [0, 0.05) is 12.2 Å². The number of hydrogen-bond donors (Lipinski definition) is 1. The third-order valence-electron chi connectivity index (χ3n) is 3.96. The van der Waals surface area contributed by atoms with Crippen LogP contribution >= 0.6 is 0 Å². The lowest BCUT2D eigenvalue weighted by atomic mass is 9.72. The van der Waals surface area contributed by atoms with Crippen molar-refractivity contribution >= 4 is 0 Å². The molecule has 3 heteroatoms. The molecule has 17 heavy (non-hydrogen) atoms. The van der Waals surface area contributed by atoms with Gasteiger partial charge in [0.15, 0.2) is 0 Å². The molecule has 1 aromatic rings. The van der Waals surface area contributed by atoms with E-state index >= 15 is 0 Å². The first-order valence-corrected chi connectivity index (χ1v) is 6.64. The van der Waals surface area contributed by atoms with Gasteiger partial charge >= 0.3 is 0 Å². The molecule has 94 valence electrons. The van der Waals surface area contributed by atoms with Crippen LogP contribution in [0.15, 0.2) is 18.5 Å². The van der Waals surface area contributed by atoms with Crippen LogP contribution in [0.5, 0.6) is 0 Å². The summed E-state index contributed by atoms with van der Waals surface area (Å²) in [5.41, 5.74) is 1.27. The summed E-state index contributed by atoms with van der Waals surface area (Å²) in [4.78, 5) is 0.